The predicted octanol–water partition coefficient (Wildman–Crippen LogP) is 7.18. The number of benzene rings is 3. The molecule has 1 aliphatic heterocycles. The average Bonchev–Trinajstić information content (AvgIpc) is 3.55. The van der Waals surface area contributed by atoms with Crippen molar-refractivity contribution in [1.29, 1.82) is 0 Å². The maximum Gasteiger partial charge on any atom is 0.363 e. The second kappa shape index (κ2) is 13.1. The number of cyclic esters (lactones) is 1. The number of fused-ring (bicyclic) bond motifs is 3. The Balaban J connectivity index is 0.000000181. The van der Waals surface area contributed by atoms with Crippen LogP contribution < -0.4 is 18.9 Å². The fraction of sp³-hybridized carbons (Fsp3) is 0.314. The van der Waals surface area contributed by atoms with E-state index in [1.54, 1.807) is 59.6 Å². The lowest BCUT2D eigenvalue weighted by Crippen LogP contribution is -2.12. The standard InChI is InChI=1S/C22H25NO2.C13H13NO4/c1-14-7-10-20-19(11-14)18-6-4-5-16(22(18)23-20)12-15-8-9-17(24-2)13-21(15)25-3;1-8-14-11(13(15)18-8)6-9-4-5-10(16-2)7-12(9)17-3/h7-11,13,16,23H,4-6,12H2,1-3H3;4-7H,1-3H3/b;11-6-. The van der Waals surface area contributed by atoms with Crippen molar-refractivity contribution in [1.82, 2.24) is 4.98 Å². The first-order valence-corrected chi connectivity index (χ1v) is 14.4. The third-order valence-corrected chi connectivity index (χ3v) is 7.90. The SMILES string of the molecule is COc1ccc(/C=C2\N=C(C)OC2=O)c(OC)c1.COc1ccc(CC2CCCc3c2[nH]c2ccc(C)cc32)c(OC)c1. The zero-order chi connectivity index (χ0) is 30.5. The molecule has 8 nitrogen and oxygen atoms in total. The van der Waals surface area contributed by atoms with Gasteiger partial charge < -0.3 is 28.7 Å². The van der Waals surface area contributed by atoms with Crippen molar-refractivity contribution in [2.45, 2.75) is 45.4 Å². The molecule has 2 heterocycles. The van der Waals surface area contributed by atoms with E-state index < -0.39 is 5.97 Å². The molecular formula is C35H38N2O6. The number of carbonyl (C=O) groups is 1. The number of aliphatic imine (C=N–C) groups is 1. The molecule has 0 saturated heterocycles. The third-order valence-electron chi connectivity index (χ3n) is 7.90. The Labute approximate surface area is 252 Å². The van der Waals surface area contributed by atoms with Crippen LogP contribution in [0, 0.1) is 6.92 Å². The smallest absolute Gasteiger partial charge is 0.363 e. The highest BCUT2D eigenvalue weighted by Gasteiger charge is 2.25. The zero-order valence-corrected chi connectivity index (χ0v) is 25.6. The molecule has 4 aromatic rings. The number of aromatic nitrogens is 1. The number of hydrogen-bond acceptors (Lipinski definition) is 7. The minimum Gasteiger partial charge on any atom is -0.497 e. The fourth-order valence-electron chi connectivity index (χ4n) is 5.76. The maximum absolute atomic E-state index is 11.4. The highest BCUT2D eigenvalue weighted by molar-refractivity contribution is 6.06. The monoisotopic (exact) mass is 582 g/mol. The molecule has 1 N–H and O–H groups in total. The number of esters is 1. The largest absolute Gasteiger partial charge is 0.497 e. The van der Waals surface area contributed by atoms with E-state index >= 15 is 0 Å². The van der Waals surface area contributed by atoms with Crippen molar-refractivity contribution in [2.24, 2.45) is 4.99 Å². The number of methoxy groups -OCH3 is 4. The van der Waals surface area contributed by atoms with Crippen LogP contribution in [0.1, 0.15) is 53.6 Å². The average molecular weight is 583 g/mol. The molecule has 2 aliphatic rings. The molecule has 6 rings (SSSR count). The number of hydrogen-bond donors (Lipinski definition) is 1. The van der Waals surface area contributed by atoms with Crippen LogP contribution in [0.4, 0.5) is 0 Å². The molecule has 43 heavy (non-hydrogen) atoms. The number of aryl methyl sites for hydroxylation is 2. The molecular weight excluding hydrogens is 544 g/mol. The Morgan fingerprint density at radius 2 is 1.63 bits per heavy atom. The zero-order valence-electron chi connectivity index (χ0n) is 25.6. The van der Waals surface area contributed by atoms with E-state index in [4.69, 9.17) is 23.7 Å². The quantitative estimate of drug-likeness (QED) is 0.183. The first-order chi connectivity index (χ1) is 20.8. The van der Waals surface area contributed by atoms with Crippen molar-refractivity contribution in [3.63, 3.8) is 0 Å². The van der Waals surface area contributed by atoms with Crippen LogP contribution in [0.5, 0.6) is 23.0 Å². The van der Waals surface area contributed by atoms with Crippen molar-refractivity contribution in [3.8, 4) is 23.0 Å². The normalized spacial score (nSPS) is 16.6. The summed E-state index contributed by atoms with van der Waals surface area (Å²) < 4.78 is 26.1. The maximum atomic E-state index is 11.4. The summed E-state index contributed by atoms with van der Waals surface area (Å²) in [4.78, 5) is 19.2. The summed E-state index contributed by atoms with van der Waals surface area (Å²) in [6.45, 7) is 3.80. The summed E-state index contributed by atoms with van der Waals surface area (Å²) >= 11 is 0. The Hall–Kier alpha value is -4.72. The lowest BCUT2D eigenvalue weighted by molar-refractivity contribution is -0.130. The van der Waals surface area contributed by atoms with Crippen LogP contribution >= 0.6 is 0 Å². The molecule has 3 aromatic carbocycles. The highest BCUT2D eigenvalue weighted by Crippen LogP contribution is 2.40. The number of nitrogens with zero attached hydrogens (tertiary/aromatic N) is 1. The van der Waals surface area contributed by atoms with Gasteiger partial charge in [-0.25, -0.2) is 9.79 Å². The van der Waals surface area contributed by atoms with Crippen LogP contribution in [0.25, 0.3) is 17.0 Å². The van der Waals surface area contributed by atoms with Gasteiger partial charge in [0.2, 0.25) is 0 Å². The fourth-order valence-corrected chi connectivity index (χ4v) is 5.76. The number of nitrogens with one attached hydrogen (secondary N) is 1. The Kier molecular flexibility index (Phi) is 9.04. The van der Waals surface area contributed by atoms with Gasteiger partial charge >= 0.3 is 5.97 Å². The van der Waals surface area contributed by atoms with E-state index in [0.717, 1.165) is 23.5 Å². The van der Waals surface area contributed by atoms with Gasteiger partial charge in [-0.1, -0.05) is 17.7 Å². The second-order valence-corrected chi connectivity index (χ2v) is 10.7. The van der Waals surface area contributed by atoms with Crippen molar-refractivity contribution < 1.29 is 28.5 Å². The van der Waals surface area contributed by atoms with Gasteiger partial charge in [-0.2, -0.15) is 0 Å². The summed E-state index contributed by atoms with van der Waals surface area (Å²) in [5.74, 6) is 3.45. The van der Waals surface area contributed by atoms with Gasteiger partial charge in [0.1, 0.15) is 23.0 Å². The van der Waals surface area contributed by atoms with Crippen molar-refractivity contribution >= 4 is 28.8 Å². The number of aromatic amines is 1. The first kappa shape index (κ1) is 29.8. The van der Waals surface area contributed by atoms with Crippen LogP contribution in [0.3, 0.4) is 0 Å². The minimum absolute atomic E-state index is 0.260. The summed E-state index contributed by atoms with van der Waals surface area (Å²) in [5.41, 5.74) is 7.78. The molecule has 1 aromatic heterocycles. The molecule has 1 unspecified atom stereocenters. The van der Waals surface area contributed by atoms with E-state index in [1.807, 2.05) is 12.1 Å². The van der Waals surface area contributed by atoms with Gasteiger partial charge in [0.05, 0.1) is 28.4 Å². The van der Waals surface area contributed by atoms with Gasteiger partial charge in [-0.15, -0.1) is 0 Å². The lowest BCUT2D eigenvalue weighted by Gasteiger charge is -2.23. The predicted molar refractivity (Wildman–Crippen MR) is 169 cm³/mol. The van der Waals surface area contributed by atoms with E-state index in [0.29, 0.717) is 23.3 Å². The molecule has 0 bridgehead atoms. The molecule has 1 atom stereocenters. The van der Waals surface area contributed by atoms with Crippen LogP contribution in [0.15, 0.2) is 65.3 Å². The lowest BCUT2D eigenvalue weighted by atomic mass is 9.83. The number of carbonyl (C=O) groups excluding carboxylic acids is 1. The molecule has 0 saturated carbocycles. The summed E-state index contributed by atoms with van der Waals surface area (Å²) in [5, 5.41) is 1.40. The molecule has 0 spiro atoms. The topological polar surface area (TPSA) is 91.4 Å². The van der Waals surface area contributed by atoms with E-state index in [2.05, 4.69) is 41.2 Å². The molecule has 1 aliphatic carbocycles. The van der Waals surface area contributed by atoms with Crippen molar-refractivity contribution in [3.05, 3.63) is 88.2 Å². The molecule has 0 fully saturated rings. The highest BCUT2D eigenvalue weighted by atomic mass is 16.6. The van der Waals surface area contributed by atoms with Crippen LogP contribution in [-0.2, 0) is 22.4 Å². The van der Waals surface area contributed by atoms with Gasteiger partial charge in [-0.3, -0.25) is 0 Å². The summed E-state index contributed by atoms with van der Waals surface area (Å²) in [7, 11) is 6.55. The molecule has 0 radical (unpaired) electrons. The molecule has 224 valence electrons. The molecule has 0 amide bonds. The van der Waals surface area contributed by atoms with Crippen LogP contribution in [-0.4, -0.2) is 45.3 Å². The second-order valence-electron chi connectivity index (χ2n) is 10.7. The van der Waals surface area contributed by atoms with Gasteiger partial charge in [0.15, 0.2) is 11.6 Å². The first-order valence-electron chi connectivity index (χ1n) is 14.4. The Morgan fingerprint density at radius 1 is 0.907 bits per heavy atom. The van der Waals surface area contributed by atoms with E-state index in [-0.39, 0.29) is 5.70 Å². The number of rotatable bonds is 7. The Bertz CT molecular complexity index is 1700. The Morgan fingerprint density at radius 3 is 2.30 bits per heavy atom. The number of ether oxygens (including phenoxy) is 5. The number of H-pyrrole nitrogens is 1. The van der Waals surface area contributed by atoms with E-state index in [1.165, 1.54) is 52.5 Å². The summed E-state index contributed by atoms with van der Waals surface area (Å²) in [6, 6.07) is 18.2. The van der Waals surface area contributed by atoms with E-state index in [9.17, 15) is 4.79 Å². The molecule has 8 heteroatoms. The minimum atomic E-state index is -0.453. The van der Waals surface area contributed by atoms with Crippen LogP contribution in [0.2, 0.25) is 0 Å². The van der Waals surface area contributed by atoms with Crippen molar-refractivity contribution in [2.75, 3.05) is 28.4 Å². The van der Waals surface area contributed by atoms with Gasteiger partial charge in [-0.05, 0) is 80.1 Å². The van der Waals surface area contributed by atoms with Gasteiger partial charge in [0.25, 0.3) is 0 Å². The summed E-state index contributed by atoms with van der Waals surface area (Å²) in [6.07, 6.45) is 6.25. The third kappa shape index (κ3) is 6.53. The van der Waals surface area contributed by atoms with Gasteiger partial charge in [0, 0.05) is 47.1 Å².